The van der Waals surface area contributed by atoms with Crippen molar-refractivity contribution < 1.29 is 28.6 Å². The minimum Gasteiger partial charge on any atom is -0.465 e. The number of fused-ring (bicyclic) bond motifs is 1. The number of hydrogen-bond donors (Lipinski definition) is 5. The molecule has 5 N–H and O–H groups in total. The Kier molecular flexibility index (Phi) is 7.92. The summed E-state index contributed by atoms with van der Waals surface area (Å²) in [5.74, 6) is -1.37. The van der Waals surface area contributed by atoms with E-state index in [9.17, 15) is 23.5 Å². The second-order valence-electron chi connectivity index (χ2n) is 9.45. The van der Waals surface area contributed by atoms with Gasteiger partial charge in [0.15, 0.2) is 0 Å². The van der Waals surface area contributed by atoms with E-state index in [-0.39, 0.29) is 29.0 Å². The highest BCUT2D eigenvalue weighted by Gasteiger charge is 2.27. The molecule has 0 bridgehead atoms. The van der Waals surface area contributed by atoms with Crippen molar-refractivity contribution in [3.63, 3.8) is 0 Å². The van der Waals surface area contributed by atoms with Crippen LogP contribution in [0, 0.1) is 17.1 Å². The summed E-state index contributed by atoms with van der Waals surface area (Å²) in [6.45, 7) is 1.87. The van der Waals surface area contributed by atoms with Gasteiger partial charge in [-0.05, 0) is 50.2 Å². The van der Waals surface area contributed by atoms with Crippen molar-refractivity contribution in [2.45, 2.75) is 32.2 Å². The molecule has 3 heterocycles. The van der Waals surface area contributed by atoms with E-state index in [0.29, 0.717) is 22.5 Å². The van der Waals surface area contributed by atoms with Crippen LogP contribution in [-0.4, -0.2) is 55.1 Å². The number of carboxylic acid groups (broad SMARTS) is 1. The SMILES string of the molecule is CC(C)(O)C(F)CNC(=O)c1cnc(-c2ccc3cc(C#N)cnn23)cc1Nc1ccc(CNC(=O)O)c(F)c1. The molecule has 1 aromatic carbocycles. The quantitative estimate of drug-likeness (QED) is 0.211. The van der Waals surface area contributed by atoms with Gasteiger partial charge in [-0.3, -0.25) is 9.78 Å². The first kappa shape index (κ1) is 27.9. The summed E-state index contributed by atoms with van der Waals surface area (Å²) in [4.78, 5) is 28.1. The summed E-state index contributed by atoms with van der Waals surface area (Å²) in [7, 11) is 0. The van der Waals surface area contributed by atoms with E-state index in [1.54, 1.807) is 22.7 Å². The number of nitriles is 1. The standard InChI is InChI=1S/C27H25F2N7O4/c1-27(2,40)24(29)14-32-25(37)19-13-31-22(23-6-5-18-7-15(10-30)11-34-36(18)23)9-21(19)35-17-4-3-16(20(28)8-17)12-33-26(38)39/h3-9,11,13,24,33,40H,12,14H2,1-2H3,(H,31,35)(H,32,37)(H,38,39). The Morgan fingerprint density at radius 1 is 1.15 bits per heavy atom. The molecule has 0 fully saturated rings. The van der Waals surface area contributed by atoms with Crippen LogP contribution in [0.25, 0.3) is 16.9 Å². The number of nitrogens with zero attached hydrogens (tertiary/aromatic N) is 4. The van der Waals surface area contributed by atoms with Crippen molar-refractivity contribution in [2.24, 2.45) is 0 Å². The highest BCUT2D eigenvalue weighted by molar-refractivity contribution is 6.00. The van der Waals surface area contributed by atoms with Crippen molar-refractivity contribution in [3.8, 4) is 17.5 Å². The normalized spacial score (nSPS) is 12.0. The number of carbonyl (C=O) groups excluding carboxylic acids is 1. The fraction of sp³-hybridized carbons (Fsp3) is 0.222. The van der Waals surface area contributed by atoms with Gasteiger partial charge < -0.3 is 26.2 Å². The molecule has 0 saturated carbocycles. The third-order valence-electron chi connectivity index (χ3n) is 6.01. The van der Waals surface area contributed by atoms with Gasteiger partial charge in [0.25, 0.3) is 5.91 Å². The van der Waals surface area contributed by atoms with Crippen LogP contribution in [0.2, 0.25) is 0 Å². The Hall–Kier alpha value is -5.09. The number of rotatable bonds is 9. The first-order chi connectivity index (χ1) is 19.0. The van der Waals surface area contributed by atoms with Crippen LogP contribution in [0.1, 0.15) is 35.3 Å². The zero-order valence-corrected chi connectivity index (χ0v) is 21.4. The molecule has 0 spiro atoms. The van der Waals surface area contributed by atoms with Crippen LogP contribution in [0.15, 0.2) is 54.9 Å². The highest BCUT2D eigenvalue weighted by atomic mass is 19.1. The summed E-state index contributed by atoms with van der Waals surface area (Å²) in [6, 6.07) is 12.7. The van der Waals surface area contributed by atoms with E-state index >= 15 is 0 Å². The first-order valence-electron chi connectivity index (χ1n) is 12.0. The second-order valence-corrected chi connectivity index (χ2v) is 9.45. The van der Waals surface area contributed by atoms with Crippen LogP contribution in [0.5, 0.6) is 0 Å². The molecule has 40 heavy (non-hydrogen) atoms. The fourth-order valence-corrected chi connectivity index (χ4v) is 3.76. The zero-order valence-electron chi connectivity index (χ0n) is 21.4. The van der Waals surface area contributed by atoms with E-state index in [4.69, 9.17) is 10.4 Å². The number of alkyl halides is 1. The summed E-state index contributed by atoms with van der Waals surface area (Å²) in [6.07, 6.45) is -0.359. The lowest BCUT2D eigenvalue weighted by Crippen LogP contribution is -2.42. The molecule has 4 aromatic rings. The Morgan fingerprint density at radius 2 is 1.93 bits per heavy atom. The number of nitrogens with one attached hydrogen (secondary N) is 3. The topological polar surface area (TPSA) is 165 Å². The minimum atomic E-state index is -1.74. The molecule has 2 amide bonds. The third-order valence-corrected chi connectivity index (χ3v) is 6.01. The number of anilines is 2. The largest absolute Gasteiger partial charge is 0.465 e. The van der Waals surface area contributed by atoms with Gasteiger partial charge in [0.2, 0.25) is 0 Å². The van der Waals surface area contributed by atoms with Gasteiger partial charge in [-0.15, -0.1) is 0 Å². The van der Waals surface area contributed by atoms with Crippen molar-refractivity contribution in [3.05, 3.63) is 77.4 Å². The Morgan fingerprint density at radius 3 is 2.60 bits per heavy atom. The van der Waals surface area contributed by atoms with Gasteiger partial charge in [-0.1, -0.05) is 6.07 Å². The maximum Gasteiger partial charge on any atom is 0.404 e. The Balaban J connectivity index is 1.70. The summed E-state index contributed by atoms with van der Waals surface area (Å²) >= 11 is 0. The molecule has 0 aliphatic heterocycles. The number of benzene rings is 1. The van der Waals surface area contributed by atoms with Gasteiger partial charge in [0.1, 0.15) is 18.1 Å². The van der Waals surface area contributed by atoms with Crippen LogP contribution in [0.3, 0.4) is 0 Å². The number of halogens is 2. The molecular formula is C27H25F2N7O4. The molecule has 206 valence electrons. The third kappa shape index (κ3) is 6.30. The van der Waals surface area contributed by atoms with Crippen LogP contribution in [-0.2, 0) is 6.54 Å². The summed E-state index contributed by atoms with van der Waals surface area (Å²) in [5, 5.41) is 39.5. The second kappa shape index (κ2) is 11.3. The van der Waals surface area contributed by atoms with E-state index in [0.717, 1.165) is 6.07 Å². The monoisotopic (exact) mass is 549 g/mol. The predicted octanol–water partition coefficient (Wildman–Crippen LogP) is 3.76. The maximum atomic E-state index is 14.7. The molecule has 0 saturated heterocycles. The van der Waals surface area contributed by atoms with Crippen molar-refractivity contribution in [1.29, 1.82) is 5.26 Å². The van der Waals surface area contributed by atoms with E-state index < -0.39 is 36.1 Å². The molecule has 0 radical (unpaired) electrons. The van der Waals surface area contributed by atoms with E-state index in [1.807, 2.05) is 6.07 Å². The molecule has 1 unspecified atom stereocenters. The Bertz CT molecular complexity index is 1630. The number of amides is 2. The Labute approximate surface area is 227 Å². The van der Waals surface area contributed by atoms with Crippen LogP contribution < -0.4 is 16.0 Å². The molecule has 3 aromatic heterocycles. The van der Waals surface area contributed by atoms with Crippen molar-refractivity contribution in [1.82, 2.24) is 25.2 Å². The number of pyridine rings is 1. The number of carbonyl (C=O) groups is 2. The molecule has 4 rings (SSSR count). The number of hydrogen-bond acceptors (Lipinski definition) is 7. The smallest absolute Gasteiger partial charge is 0.404 e. The van der Waals surface area contributed by atoms with Crippen molar-refractivity contribution >= 4 is 28.9 Å². The van der Waals surface area contributed by atoms with E-state index in [1.165, 1.54) is 44.4 Å². The lowest BCUT2D eigenvalue weighted by atomic mass is 10.0. The number of aromatic nitrogens is 3. The number of aliphatic hydroxyl groups is 1. The van der Waals surface area contributed by atoms with Gasteiger partial charge in [-0.2, -0.15) is 10.4 Å². The van der Waals surface area contributed by atoms with Gasteiger partial charge in [0, 0.05) is 24.0 Å². The summed E-state index contributed by atoms with van der Waals surface area (Å²) < 4.78 is 30.5. The zero-order chi connectivity index (χ0) is 29.0. The van der Waals surface area contributed by atoms with Gasteiger partial charge in [-0.25, -0.2) is 18.1 Å². The minimum absolute atomic E-state index is 0.0179. The first-order valence-corrected chi connectivity index (χ1v) is 12.0. The average molecular weight is 550 g/mol. The van der Waals surface area contributed by atoms with Gasteiger partial charge >= 0.3 is 6.09 Å². The summed E-state index contributed by atoms with van der Waals surface area (Å²) in [5.41, 5.74) is 0.870. The molecular weight excluding hydrogens is 524 g/mol. The van der Waals surface area contributed by atoms with Gasteiger partial charge in [0.05, 0.1) is 52.1 Å². The molecule has 1 atom stereocenters. The van der Waals surface area contributed by atoms with E-state index in [2.05, 4.69) is 26.0 Å². The van der Waals surface area contributed by atoms with Crippen molar-refractivity contribution in [2.75, 3.05) is 11.9 Å². The molecule has 0 aliphatic rings. The average Bonchev–Trinajstić information content (AvgIpc) is 3.33. The molecule has 11 nitrogen and oxygen atoms in total. The predicted molar refractivity (Wildman–Crippen MR) is 141 cm³/mol. The lowest BCUT2D eigenvalue weighted by Gasteiger charge is -2.22. The van der Waals surface area contributed by atoms with Crippen LogP contribution >= 0.6 is 0 Å². The van der Waals surface area contributed by atoms with Crippen LogP contribution in [0.4, 0.5) is 25.0 Å². The molecule has 0 aliphatic carbocycles. The fourth-order valence-electron chi connectivity index (χ4n) is 3.76. The lowest BCUT2D eigenvalue weighted by molar-refractivity contribution is -0.00177. The maximum absolute atomic E-state index is 14.7. The molecule has 13 heteroatoms. The highest BCUT2D eigenvalue weighted by Crippen LogP contribution is 2.28.